The Morgan fingerprint density at radius 3 is 2.15 bits per heavy atom. The standard InChI is InChI=1S/C19H20ClN3O4/c1-23(12-18(25)22-16-6-4-3-5-15(16)20)11-17(24)21-14-9-7-13(8-10-14)19(26)27-2/h3-10H,11-12H2,1-2H3,(H,21,24)(H,22,25). The number of para-hydroxylation sites is 1. The van der Waals surface area contributed by atoms with Crippen molar-refractivity contribution in [1.82, 2.24) is 4.90 Å². The van der Waals surface area contributed by atoms with Gasteiger partial charge in [-0.1, -0.05) is 23.7 Å². The molecule has 2 rings (SSSR count). The quantitative estimate of drug-likeness (QED) is 0.711. The van der Waals surface area contributed by atoms with Crippen molar-refractivity contribution in [1.29, 1.82) is 0 Å². The van der Waals surface area contributed by atoms with E-state index in [1.807, 2.05) is 0 Å². The molecule has 0 heterocycles. The van der Waals surface area contributed by atoms with E-state index in [2.05, 4.69) is 15.4 Å². The maximum absolute atomic E-state index is 12.1. The van der Waals surface area contributed by atoms with Gasteiger partial charge in [-0.15, -0.1) is 0 Å². The lowest BCUT2D eigenvalue weighted by atomic mass is 10.2. The molecule has 2 amide bonds. The molecule has 0 aliphatic heterocycles. The van der Waals surface area contributed by atoms with Crippen molar-refractivity contribution in [3.05, 3.63) is 59.1 Å². The second-order valence-electron chi connectivity index (χ2n) is 5.82. The van der Waals surface area contributed by atoms with Gasteiger partial charge in [-0.05, 0) is 43.4 Å². The zero-order valence-electron chi connectivity index (χ0n) is 15.0. The average molecular weight is 390 g/mol. The Morgan fingerprint density at radius 1 is 0.963 bits per heavy atom. The molecule has 0 bridgehead atoms. The first-order valence-corrected chi connectivity index (χ1v) is 8.48. The molecule has 0 aliphatic rings. The number of carbonyl (C=O) groups excluding carboxylic acids is 3. The lowest BCUT2D eigenvalue weighted by Crippen LogP contribution is -2.36. The van der Waals surface area contributed by atoms with Gasteiger partial charge < -0.3 is 15.4 Å². The molecule has 2 aromatic carbocycles. The first-order valence-electron chi connectivity index (χ1n) is 8.10. The zero-order valence-corrected chi connectivity index (χ0v) is 15.7. The summed E-state index contributed by atoms with van der Waals surface area (Å²) in [4.78, 5) is 37.1. The number of carbonyl (C=O) groups is 3. The molecule has 0 aliphatic carbocycles. The molecular weight excluding hydrogens is 370 g/mol. The third kappa shape index (κ3) is 6.40. The molecule has 7 nitrogen and oxygen atoms in total. The summed E-state index contributed by atoms with van der Waals surface area (Å²) in [5.74, 6) is -1.01. The minimum absolute atomic E-state index is 0.0225. The normalized spacial score (nSPS) is 10.4. The summed E-state index contributed by atoms with van der Waals surface area (Å²) in [6, 6.07) is 13.2. The molecule has 0 fully saturated rings. The van der Waals surface area contributed by atoms with Crippen molar-refractivity contribution < 1.29 is 19.1 Å². The van der Waals surface area contributed by atoms with E-state index in [-0.39, 0.29) is 24.9 Å². The van der Waals surface area contributed by atoms with Crippen LogP contribution in [-0.4, -0.2) is 49.9 Å². The molecule has 0 unspecified atom stereocenters. The van der Waals surface area contributed by atoms with Crippen LogP contribution in [0, 0.1) is 0 Å². The monoisotopic (exact) mass is 389 g/mol. The largest absolute Gasteiger partial charge is 0.465 e. The number of anilines is 2. The fraction of sp³-hybridized carbons (Fsp3) is 0.211. The van der Waals surface area contributed by atoms with Crippen LogP contribution >= 0.6 is 11.6 Å². The molecular formula is C19H20ClN3O4. The van der Waals surface area contributed by atoms with Gasteiger partial charge in [-0.3, -0.25) is 14.5 Å². The number of hydrogen-bond donors (Lipinski definition) is 2. The van der Waals surface area contributed by atoms with Gasteiger partial charge in [-0.25, -0.2) is 4.79 Å². The number of halogens is 1. The number of hydrogen-bond acceptors (Lipinski definition) is 5. The van der Waals surface area contributed by atoms with Crippen molar-refractivity contribution in [3.63, 3.8) is 0 Å². The number of esters is 1. The van der Waals surface area contributed by atoms with Gasteiger partial charge in [0.05, 0.1) is 36.5 Å². The minimum atomic E-state index is -0.447. The first kappa shape index (κ1) is 20.4. The molecule has 0 spiro atoms. The Kier molecular flexibility index (Phi) is 7.34. The highest BCUT2D eigenvalue weighted by molar-refractivity contribution is 6.33. The van der Waals surface area contributed by atoms with Gasteiger partial charge in [0, 0.05) is 5.69 Å². The lowest BCUT2D eigenvalue weighted by molar-refractivity contribution is -0.119. The van der Waals surface area contributed by atoms with Crippen LogP contribution in [0.2, 0.25) is 5.02 Å². The summed E-state index contributed by atoms with van der Waals surface area (Å²) in [6.07, 6.45) is 0. The van der Waals surface area contributed by atoms with Gasteiger partial charge in [0.25, 0.3) is 0 Å². The smallest absolute Gasteiger partial charge is 0.337 e. The number of amides is 2. The summed E-state index contributed by atoms with van der Waals surface area (Å²) in [6.45, 7) is 0.0502. The third-order valence-electron chi connectivity index (χ3n) is 3.56. The van der Waals surface area contributed by atoms with E-state index in [4.69, 9.17) is 11.6 Å². The van der Waals surface area contributed by atoms with Gasteiger partial charge in [-0.2, -0.15) is 0 Å². The number of ether oxygens (including phenoxy) is 1. The first-order chi connectivity index (χ1) is 12.9. The van der Waals surface area contributed by atoms with E-state index in [1.165, 1.54) is 7.11 Å². The van der Waals surface area contributed by atoms with Crippen molar-refractivity contribution in [2.45, 2.75) is 0 Å². The van der Waals surface area contributed by atoms with Gasteiger partial charge in [0.2, 0.25) is 11.8 Å². The summed E-state index contributed by atoms with van der Waals surface area (Å²) in [5.41, 5.74) is 1.46. The second-order valence-corrected chi connectivity index (χ2v) is 6.22. The number of benzene rings is 2. The van der Waals surface area contributed by atoms with Crippen molar-refractivity contribution in [2.24, 2.45) is 0 Å². The number of methoxy groups -OCH3 is 1. The Hall–Kier alpha value is -2.90. The minimum Gasteiger partial charge on any atom is -0.465 e. The number of nitrogens with one attached hydrogen (secondary N) is 2. The van der Waals surface area contributed by atoms with E-state index < -0.39 is 5.97 Å². The van der Waals surface area contributed by atoms with E-state index in [9.17, 15) is 14.4 Å². The zero-order chi connectivity index (χ0) is 19.8. The highest BCUT2D eigenvalue weighted by Gasteiger charge is 2.12. The average Bonchev–Trinajstić information content (AvgIpc) is 2.63. The Balaban J connectivity index is 1.82. The van der Waals surface area contributed by atoms with Crippen LogP contribution in [0.15, 0.2) is 48.5 Å². The summed E-state index contributed by atoms with van der Waals surface area (Å²) >= 11 is 6.00. The van der Waals surface area contributed by atoms with E-state index in [0.717, 1.165) is 0 Å². The van der Waals surface area contributed by atoms with E-state index in [1.54, 1.807) is 60.5 Å². The van der Waals surface area contributed by atoms with E-state index in [0.29, 0.717) is 22.0 Å². The van der Waals surface area contributed by atoms with Crippen LogP contribution in [-0.2, 0) is 14.3 Å². The van der Waals surface area contributed by atoms with Crippen molar-refractivity contribution >= 4 is 40.8 Å². The van der Waals surface area contributed by atoms with Crippen molar-refractivity contribution in [3.8, 4) is 0 Å². The molecule has 0 aromatic heterocycles. The molecule has 2 aromatic rings. The van der Waals surface area contributed by atoms with Gasteiger partial charge >= 0.3 is 5.97 Å². The lowest BCUT2D eigenvalue weighted by Gasteiger charge is -2.16. The number of nitrogens with zero attached hydrogens (tertiary/aromatic N) is 1. The molecule has 0 radical (unpaired) electrons. The fourth-order valence-electron chi connectivity index (χ4n) is 2.31. The van der Waals surface area contributed by atoms with Crippen LogP contribution in [0.5, 0.6) is 0 Å². The number of likely N-dealkylation sites (N-methyl/N-ethyl adjacent to an activating group) is 1. The third-order valence-corrected chi connectivity index (χ3v) is 3.89. The fourth-order valence-corrected chi connectivity index (χ4v) is 2.49. The van der Waals surface area contributed by atoms with E-state index >= 15 is 0 Å². The molecule has 0 atom stereocenters. The molecule has 8 heteroatoms. The van der Waals surface area contributed by atoms with Gasteiger partial charge in [0.15, 0.2) is 0 Å². The summed E-state index contributed by atoms with van der Waals surface area (Å²) in [7, 11) is 2.96. The highest BCUT2D eigenvalue weighted by Crippen LogP contribution is 2.20. The topological polar surface area (TPSA) is 87.7 Å². The van der Waals surface area contributed by atoms with Crippen LogP contribution in [0.3, 0.4) is 0 Å². The predicted octanol–water partition coefficient (Wildman–Crippen LogP) is 2.64. The Morgan fingerprint density at radius 2 is 1.56 bits per heavy atom. The molecule has 0 saturated heterocycles. The molecule has 2 N–H and O–H groups in total. The van der Waals surface area contributed by atoms with Crippen LogP contribution in [0.4, 0.5) is 11.4 Å². The maximum Gasteiger partial charge on any atom is 0.337 e. The maximum atomic E-state index is 12.1. The molecule has 0 saturated carbocycles. The highest BCUT2D eigenvalue weighted by atomic mass is 35.5. The van der Waals surface area contributed by atoms with Crippen LogP contribution in [0.1, 0.15) is 10.4 Å². The SMILES string of the molecule is COC(=O)c1ccc(NC(=O)CN(C)CC(=O)Nc2ccccc2Cl)cc1. The molecule has 27 heavy (non-hydrogen) atoms. The summed E-state index contributed by atoms with van der Waals surface area (Å²) < 4.78 is 4.62. The number of rotatable bonds is 7. The second kappa shape index (κ2) is 9.70. The Labute approximate surface area is 162 Å². The summed E-state index contributed by atoms with van der Waals surface area (Å²) in [5, 5.41) is 5.85. The molecule has 142 valence electrons. The predicted molar refractivity (Wildman–Crippen MR) is 104 cm³/mol. The van der Waals surface area contributed by atoms with Crippen molar-refractivity contribution in [2.75, 3.05) is 37.9 Å². The van der Waals surface area contributed by atoms with Gasteiger partial charge in [0.1, 0.15) is 0 Å². The van der Waals surface area contributed by atoms with Crippen LogP contribution in [0.25, 0.3) is 0 Å². The van der Waals surface area contributed by atoms with Crippen LogP contribution < -0.4 is 10.6 Å². The Bertz CT molecular complexity index is 824.